The maximum atomic E-state index is 12.1. The largest absolute Gasteiger partial charge is 0.424 e. The molecule has 0 saturated carbocycles. The first kappa shape index (κ1) is 17.7. The molecule has 0 aliphatic heterocycles. The summed E-state index contributed by atoms with van der Waals surface area (Å²) in [5.74, 6) is 0.287. The third-order valence-electron chi connectivity index (χ3n) is 4.21. The van der Waals surface area contributed by atoms with Crippen LogP contribution < -0.4 is 16.3 Å². The molecule has 3 rings (SSSR count). The van der Waals surface area contributed by atoms with Crippen LogP contribution in [0.1, 0.15) is 19.2 Å². The number of fused-ring (bicyclic) bond motifs is 1. The Hall–Kier alpha value is -3.10. The summed E-state index contributed by atoms with van der Waals surface area (Å²) in [6.07, 6.45) is 0.766. The van der Waals surface area contributed by atoms with E-state index in [1.165, 1.54) is 4.57 Å². The zero-order valence-corrected chi connectivity index (χ0v) is 15.0. The van der Waals surface area contributed by atoms with Crippen molar-refractivity contribution in [3.05, 3.63) is 40.6 Å². The number of rotatable bonds is 7. The Morgan fingerprint density at radius 3 is 2.77 bits per heavy atom. The molecule has 0 fully saturated rings. The van der Waals surface area contributed by atoms with Gasteiger partial charge in [0.05, 0.1) is 0 Å². The molecule has 0 spiro atoms. The summed E-state index contributed by atoms with van der Waals surface area (Å²) in [6, 6.07) is 7.88. The van der Waals surface area contributed by atoms with Gasteiger partial charge in [0.2, 0.25) is 5.91 Å². The van der Waals surface area contributed by atoms with Crippen LogP contribution in [0.2, 0.25) is 0 Å². The van der Waals surface area contributed by atoms with E-state index in [1.807, 2.05) is 31.2 Å². The van der Waals surface area contributed by atoms with E-state index in [4.69, 9.17) is 4.42 Å². The van der Waals surface area contributed by atoms with Crippen molar-refractivity contribution >= 4 is 23.0 Å². The Labute approximate surface area is 150 Å². The van der Waals surface area contributed by atoms with Crippen LogP contribution in [0.5, 0.6) is 0 Å². The highest BCUT2D eigenvalue weighted by Gasteiger charge is 2.14. The normalized spacial score (nSPS) is 12.3. The predicted molar refractivity (Wildman–Crippen MR) is 96.9 cm³/mol. The predicted octanol–water partition coefficient (Wildman–Crippen LogP) is 1.04. The van der Waals surface area contributed by atoms with Crippen LogP contribution in [0, 0.1) is 6.92 Å². The Kier molecular flexibility index (Phi) is 5.06. The maximum absolute atomic E-state index is 12.1. The van der Waals surface area contributed by atoms with Gasteiger partial charge in [0.25, 0.3) is 6.01 Å². The lowest BCUT2D eigenvalue weighted by Crippen LogP contribution is -2.39. The molecular weight excluding hydrogens is 336 g/mol. The van der Waals surface area contributed by atoms with Gasteiger partial charge in [0.15, 0.2) is 5.58 Å². The van der Waals surface area contributed by atoms with Gasteiger partial charge in [-0.25, -0.2) is 9.48 Å². The molecule has 1 atom stereocenters. The second-order valence-electron chi connectivity index (χ2n) is 6.09. The van der Waals surface area contributed by atoms with Gasteiger partial charge in [-0.3, -0.25) is 9.36 Å². The SMILES string of the molecule is CCC(CNC(=O)Cn1nc(C)n(C)c1=O)Nc1nc2ccccc2o1. The van der Waals surface area contributed by atoms with Crippen LogP contribution in [0.4, 0.5) is 6.01 Å². The number of hydrogen-bond donors (Lipinski definition) is 2. The minimum absolute atomic E-state index is 0.0470. The summed E-state index contributed by atoms with van der Waals surface area (Å²) < 4.78 is 8.19. The van der Waals surface area contributed by atoms with Gasteiger partial charge in [-0.2, -0.15) is 10.1 Å². The molecule has 1 unspecified atom stereocenters. The van der Waals surface area contributed by atoms with E-state index >= 15 is 0 Å². The van der Waals surface area contributed by atoms with Gasteiger partial charge in [-0.15, -0.1) is 0 Å². The Balaban J connectivity index is 1.57. The highest BCUT2D eigenvalue weighted by atomic mass is 16.4. The first-order valence-corrected chi connectivity index (χ1v) is 8.47. The van der Waals surface area contributed by atoms with Crippen molar-refractivity contribution in [1.29, 1.82) is 0 Å². The second-order valence-corrected chi connectivity index (χ2v) is 6.09. The van der Waals surface area contributed by atoms with Crippen molar-refractivity contribution in [3.8, 4) is 0 Å². The lowest BCUT2D eigenvalue weighted by atomic mass is 10.2. The highest BCUT2D eigenvalue weighted by Crippen LogP contribution is 2.18. The minimum atomic E-state index is -0.311. The molecule has 0 aliphatic carbocycles. The molecule has 0 aliphatic rings. The van der Waals surface area contributed by atoms with E-state index in [0.29, 0.717) is 24.0 Å². The molecule has 1 amide bonds. The number of benzene rings is 1. The van der Waals surface area contributed by atoms with Crippen molar-refractivity contribution < 1.29 is 9.21 Å². The van der Waals surface area contributed by atoms with Crippen molar-refractivity contribution in [3.63, 3.8) is 0 Å². The fourth-order valence-electron chi connectivity index (χ4n) is 2.53. The molecule has 1 aromatic carbocycles. The number of anilines is 1. The van der Waals surface area contributed by atoms with E-state index in [2.05, 4.69) is 20.7 Å². The van der Waals surface area contributed by atoms with E-state index < -0.39 is 0 Å². The molecule has 138 valence electrons. The molecule has 0 radical (unpaired) electrons. The molecule has 0 saturated heterocycles. The van der Waals surface area contributed by atoms with Crippen molar-refractivity contribution in [1.82, 2.24) is 24.6 Å². The molecule has 26 heavy (non-hydrogen) atoms. The number of carbonyl (C=O) groups excluding carboxylic acids is 1. The van der Waals surface area contributed by atoms with E-state index in [9.17, 15) is 9.59 Å². The molecular formula is C17H22N6O3. The van der Waals surface area contributed by atoms with Crippen LogP contribution in [-0.4, -0.2) is 37.8 Å². The lowest BCUT2D eigenvalue weighted by Gasteiger charge is -2.16. The fourth-order valence-corrected chi connectivity index (χ4v) is 2.53. The van der Waals surface area contributed by atoms with Crippen molar-refractivity contribution in [2.45, 2.75) is 32.9 Å². The van der Waals surface area contributed by atoms with Gasteiger partial charge in [0.1, 0.15) is 17.9 Å². The number of aryl methyl sites for hydroxylation is 1. The zero-order valence-electron chi connectivity index (χ0n) is 15.0. The summed E-state index contributed by atoms with van der Waals surface area (Å²) in [5.41, 5.74) is 1.17. The number of amides is 1. The molecule has 9 nitrogen and oxygen atoms in total. The van der Waals surface area contributed by atoms with Gasteiger partial charge < -0.3 is 15.1 Å². The van der Waals surface area contributed by atoms with Crippen LogP contribution >= 0.6 is 0 Å². The van der Waals surface area contributed by atoms with E-state index in [1.54, 1.807) is 14.0 Å². The molecule has 2 N–H and O–H groups in total. The number of hydrogen-bond acceptors (Lipinski definition) is 6. The van der Waals surface area contributed by atoms with Crippen LogP contribution in [0.15, 0.2) is 33.5 Å². The molecule has 2 aromatic heterocycles. The third kappa shape index (κ3) is 3.76. The standard InChI is InChI=1S/C17H22N6O3/c1-4-12(19-16-20-13-7-5-6-8-14(13)26-16)9-18-15(24)10-23-17(25)22(3)11(2)21-23/h5-8,12H,4,9-10H2,1-3H3,(H,18,24)(H,19,20). The number of oxazole rings is 1. The van der Waals surface area contributed by atoms with Crippen LogP contribution in [0.3, 0.4) is 0 Å². The summed E-state index contributed by atoms with van der Waals surface area (Å²) in [6.45, 7) is 3.99. The second kappa shape index (κ2) is 7.42. The third-order valence-corrected chi connectivity index (χ3v) is 4.21. The molecule has 0 bridgehead atoms. The van der Waals surface area contributed by atoms with Gasteiger partial charge in [0, 0.05) is 19.6 Å². The fraction of sp³-hybridized carbons (Fsp3) is 0.412. The summed E-state index contributed by atoms with van der Waals surface area (Å²) in [7, 11) is 1.62. The zero-order chi connectivity index (χ0) is 18.7. The minimum Gasteiger partial charge on any atom is -0.424 e. The average Bonchev–Trinajstić information content (AvgIpc) is 3.14. The maximum Gasteiger partial charge on any atom is 0.346 e. The number of nitrogens with one attached hydrogen (secondary N) is 2. The quantitative estimate of drug-likeness (QED) is 0.653. The first-order valence-electron chi connectivity index (χ1n) is 8.47. The Morgan fingerprint density at radius 1 is 1.35 bits per heavy atom. The Bertz CT molecular complexity index is 937. The number of carbonyl (C=O) groups is 1. The van der Waals surface area contributed by atoms with Gasteiger partial charge >= 0.3 is 5.69 Å². The van der Waals surface area contributed by atoms with Crippen LogP contribution in [0.25, 0.3) is 11.1 Å². The lowest BCUT2D eigenvalue weighted by molar-refractivity contribution is -0.121. The van der Waals surface area contributed by atoms with E-state index in [0.717, 1.165) is 16.6 Å². The number of para-hydroxylation sites is 2. The average molecular weight is 358 g/mol. The first-order chi connectivity index (χ1) is 12.5. The Morgan fingerprint density at radius 2 is 2.12 bits per heavy atom. The number of nitrogens with zero attached hydrogens (tertiary/aromatic N) is 4. The van der Waals surface area contributed by atoms with Crippen molar-refractivity contribution in [2.75, 3.05) is 11.9 Å². The van der Waals surface area contributed by atoms with Gasteiger partial charge in [-0.05, 0) is 25.5 Å². The molecule has 3 aromatic rings. The highest BCUT2D eigenvalue weighted by molar-refractivity contribution is 5.76. The summed E-state index contributed by atoms with van der Waals surface area (Å²) >= 11 is 0. The molecule has 9 heteroatoms. The molecule has 2 heterocycles. The number of aromatic nitrogens is 4. The summed E-state index contributed by atoms with van der Waals surface area (Å²) in [4.78, 5) is 28.4. The topological polar surface area (TPSA) is 107 Å². The van der Waals surface area contributed by atoms with Crippen LogP contribution in [-0.2, 0) is 18.4 Å². The van der Waals surface area contributed by atoms with E-state index in [-0.39, 0.29) is 24.2 Å². The van der Waals surface area contributed by atoms with Gasteiger partial charge in [-0.1, -0.05) is 19.1 Å². The monoisotopic (exact) mass is 358 g/mol. The summed E-state index contributed by atoms with van der Waals surface area (Å²) in [5, 5.41) is 10.0. The van der Waals surface area contributed by atoms with Crippen molar-refractivity contribution in [2.24, 2.45) is 7.05 Å². The smallest absolute Gasteiger partial charge is 0.346 e.